The Morgan fingerprint density at radius 2 is 2.03 bits per heavy atom. The van der Waals surface area contributed by atoms with E-state index in [0.29, 0.717) is 25.1 Å². The first kappa shape index (κ1) is 21.3. The van der Waals surface area contributed by atoms with E-state index in [9.17, 15) is 20.0 Å². The van der Waals surface area contributed by atoms with Crippen molar-refractivity contribution in [2.24, 2.45) is 0 Å². The summed E-state index contributed by atoms with van der Waals surface area (Å²) in [7, 11) is 0. The van der Waals surface area contributed by atoms with Crippen LogP contribution in [0.2, 0.25) is 0 Å². The molecule has 4 atom stereocenters. The molecule has 3 aliphatic rings. The van der Waals surface area contributed by atoms with Crippen molar-refractivity contribution >= 4 is 28.4 Å². The highest BCUT2D eigenvalue weighted by Gasteiger charge is 2.48. The van der Waals surface area contributed by atoms with Crippen LogP contribution in [0.1, 0.15) is 35.7 Å². The smallest absolute Gasteiger partial charge is 0.246 e. The van der Waals surface area contributed by atoms with Gasteiger partial charge in [-0.2, -0.15) is 5.23 Å². The minimum Gasteiger partial charge on any atom is -0.595 e. The number of nitrogens with one attached hydrogen (secondary N) is 2. The van der Waals surface area contributed by atoms with Gasteiger partial charge < -0.3 is 24.7 Å². The number of benzene rings is 2. The largest absolute Gasteiger partial charge is 0.595 e. The zero-order valence-corrected chi connectivity index (χ0v) is 18.6. The number of rotatable bonds is 4. The standard InChI is InChI=1S/C25H26N4O5/c30-22-14-27(13-17-7-4-10-34-17)25(31)21-12-19-18-8-1-2-9-20(18)26-23(19)24(28(21)22)15-5-3-6-16(11-15)29(32)33/h1-3,5-6,8-9,11,17,21,24,26,29,32H,4,7,10,12-14H2/t17?,21-,24?/m0/s1. The van der Waals surface area contributed by atoms with Gasteiger partial charge in [0.25, 0.3) is 0 Å². The van der Waals surface area contributed by atoms with Gasteiger partial charge in [0.05, 0.1) is 18.7 Å². The van der Waals surface area contributed by atoms with Gasteiger partial charge in [0.15, 0.2) is 5.69 Å². The van der Waals surface area contributed by atoms with Crippen molar-refractivity contribution in [3.05, 3.63) is 70.6 Å². The number of amides is 2. The SMILES string of the molecule is O=C1[C@@H]2Cc3c([nH]c4ccccc34)C(c3cccc([NH+]([O-])O)c3)N2C(=O)CN1CC1CCCO1. The number of aromatic amines is 1. The van der Waals surface area contributed by atoms with Crippen molar-refractivity contribution in [1.82, 2.24) is 14.8 Å². The summed E-state index contributed by atoms with van der Waals surface area (Å²) in [5.74, 6) is -0.219. The number of hydrogen-bond acceptors (Lipinski definition) is 5. The third-order valence-electron chi connectivity index (χ3n) is 7.24. The summed E-state index contributed by atoms with van der Waals surface area (Å²) in [6, 6.07) is 13.3. The molecule has 2 fully saturated rings. The van der Waals surface area contributed by atoms with Gasteiger partial charge in [0, 0.05) is 48.3 Å². The average molecular weight is 463 g/mol. The van der Waals surface area contributed by atoms with E-state index in [0.717, 1.165) is 35.0 Å². The van der Waals surface area contributed by atoms with Gasteiger partial charge in [-0.3, -0.25) is 9.59 Å². The second-order valence-electron chi connectivity index (χ2n) is 9.27. The third kappa shape index (κ3) is 3.40. The van der Waals surface area contributed by atoms with Crippen LogP contribution in [0, 0.1) is 5.21 Å². The predicted molar refractivity (Wildman–Crippen MR) is 122 cm³/mol. The Labute approximate surface area is 196 Å². The number of carbonyl (C=O) groups excluding carboxylic acids is 2. The van der Waals surface area contributed by atoms with Crippen molar-refractivity contribution in [2.75, 3.05) is 19.7 Å². The zero-order chi connectivity index (χ0) is 23.4. The minimum atomic E-state index is -1.03. The van der Waals surface area contributed by atoms with E-state index in [1.807, 2.05) is 30.3 Å². The van der Waals surface area contributed by atoms with Crippen LogP contribution in [-0.2, 0) is 20.7 Å². The Balaban J connectivity index is 1.46. The van der Waals surface area contributed by atoms with Crippen LogP contribution >= 0.6 is 0 Å². The van der Waals surface area contributed by atoms with E-state index in [4.69, 9.17) is 4.74 Å². The minimum absolute atomic E-state index is 0.000123. The Kier molecular flexibility index (Phi) is 5.14. The summed E-state index contributed by atoms with van der Waals surface area (Å²) >= 11 is 0. The van der Waals surface area contributed by atoms with Crippen LogP contribution in [0.5, 0.6) is 0 Å². The fourth-order valence-electron chi connectivity index (χ4n) is 5.70. The Morgan fingerprint density at radius 1 is 1.18 bits per heavy atom. The van der Waals surface area contributed by atoms with E-state index in [2.05, 4.69) is 4.98 Å². The number of para-hydroxylation sites is 1. The van der Waals surface area contributed by atoms with Crippen LogP contribution in [-0.4, -0.2) is 63.6 Å². The maximum absolute atomic E-state index is 13.7. The molecule has 4 heterocycles. The van der Waals surface area contributed by atoms with E-state index >= 15 is 0 Å². The predicted octanol–water partition coefficient (Wildman–Crippen LogP) is 1.44. The maximum atomic E-state index is 13.7. The molecule has 9 nitrogen and oxygen atoms in total. The second kappa shape index (κ2) is 8.21. The first-order valence-electron chi connectivity index (χ1n) is 11.7. The monoisotopic (exact) mass is 462 g/mol. The van der Waals surface area contributed by atoms with Crippen molar-refractivity contribution in [1.29, 1.82) is 0 Å². The lowest BCUT2D eigenvalue weighted by Gasteiger charge is -2.47. The lowest BCUT2D eigenvalue weighted by molar-refractivity contribution is -0.991. The van der Waals surface area contributed by atoms with E-state index < -0.39 is 17.3 Å². The number of quaternary nitrogens is 1. The summed E-state index contributed by atoms with van der Waals surface area (Å²) in [5, 5.41) is 21.2. The number of ether oxygens (including phenoxy) is 1. The van der Waals surface area contributed by atoms with Gasteiger partial charge in [-0.05, 0) is 30.0 Å². The van der Waals surface area contributed by atoms with Crippen LogP contribution in [0.15, 0.2) is 48.5 Å². The van der Waals surface area contributed by atoms with Gasteiger partial charge in [0.2, 0.25) is 11.8 Å². The van der Waals surface area contributed by atoms with Crippen molar-refractivity contribution in [3.8, 4) is 0 Å². The first-order chi connectivity index (χ1) is 16.5. The number of aromatic nitrogens is 1. The molecule has 3 aliphatic heterocycles. The van der Waals surface area contributed by atoms with Crippen LogP contribution in [0.4, 0.5) is 5.69 Å². The lowest BCUT2D eigenvalue weighted by atomic mass is 9.86. The number of piperazine rings is 1. The third-order valence-corrected chi connectivity index (χ3v) is 7.24. The highest BCUT2D eigenvalue weighted by molar-refractivity contribution is 5.97. The summed E-state index contributed by atoms with van der Waals surface area (Å²) < 4.78 is 5.72. The molecule has 0 aliphatic carbocycles. The van der Waals surface area contributed by atoms with Gasteiger partial charge >= 0.3 is 0 Å². The molecule has 3 aromatic rings. The molecular weight excluding hydrogens is 436 g/mol. The summed E-state index contributed by atoms with van der Waals surface area (Å²) in [4.78, 5) is 34.0. The fraction of sp³-hybridized carbons (Fsp3) is 0.360. The fourth-order valence-corrected chi connectivity index (χ4v) is 5.70. The Hall–Kier alpha value is -3.24. The molecule has 6 rings (SSSR count). The quantitative estimate of drug-likeness (QED) is 0.508. The van der Waals surface area contributed by atoms with Crippen molar-refractivity contribution in [2.45, 2.75) is 37.5 Å². The van der Waals surface area contributed by atoms with Crippen LogP contribution < -0.4 is 5.23 Å². The van der Waals surface area contributed by atoms with Crippen molar-refractivity contribution in [3.63, 3.8) is 0 Å². The average Bonchev–Trinajstić information content (AvgIpc) is 3.48. The number of carbonyl (C=O) groups is 2. The molecule has 0 bridgehead atoms. The summed E-state index contributed by atoms with van der Waals surface area (Å²) in [6.45, 7) is 1.12. The first-order valence-corrected chi connectivity index (χ1v) is 11.7. The highest BCUT2D eigenvalue weighted by Crippen LogP contribution is 2.42. The molecule has 34 heavy (non-hydrogen) atoms. The Morgan fingerprint density at radius 3 is 2.82 bits per heavy atom. The normalized spacial score (nSPS) is 25.5. The molecule has 1 aromatic heterocycles. The second-order valence-corrected chi connectivity index (χ2v) is 9.27. The molecule has 0 radical (unpaired) electrons. The maximum Gasteiger partial charge on any atom is 0.246 e. The summed E-state index contributed by atoms with van der Waals surface area (Å²) in [5.41, 5.74) is 3.60. The van der Waals surface area contributed by atoms with Crippen LogP contribution in [0.25, 0.3) is 10.9 Å². The molecule has 3 N–H and O–H groups in total. The van der Waals surface area contributed by atoms with Gasteiger partial charge in [-0.25, -0.2) is 5.21 Å². The molecule has 2 aromatic carbocycles. The molecule has 176 valence electrons. The highest BCUT2D eigenvalue weighted by atomic mass is 16.8. The molecule has 0 spiro atoms. The molecule has 3 unspecified atom stereocenters. The molecule has 2 saturated heterocycles. The molecular formula is C25H26N4O5. The van der Waals surface area contributed by atoms with Crippen LogP contribution in [0.3, 0.4) is 0 Å². The number of nitrogens with zero attached hydrogens (tertiary/aromatic N) is 2. The Bertz CT molecular complexity index is 1270. The van der Waals surface area contributed by atoms with E-state index in [1.165, 1.54) is 6.07 Å². The molecule has 2 amide bonds. The van der Waals surface area contributed by atoms with Gasteiger partial charge in [-0.1, -0.05) is 30.3 Å². The summed E-state index contributed by atoms with van der Waals surface area (Å²) in [6.07, 6.45) is 2.25. The van der Waals surface area contributed by atoms with Crippen molar-refractivity contribution < 1.29 is 24.8 Å². The van der Waals surface area contributed by atoms with E-state index in [-0.39, 0.29) is 30.2 Å². The zero-order valence-electron chi connectivity index (χ0n) is 18.6. The topological polar surface area (TPSA) is 113 Å². The van der Waals surface area contributed by atoms with E-state index in [1.54, 1.807) is 21.9 Å². The number of hydrogen-bond donors (Lipinski definition) is 3. The molecule has 9 heteroatoms. The number of fused-ring (bicyclic) bond motifs is 4. The van der Waals surface area contributed by atoms with Gasteiger partial charge in [0.1, 0.15) is 6.04 Å². The van der Waals surface area contributed by atoms with Gasteiger partial charge in [-0.15, -0.1) is 0 Å². The lowest BCUT2D eigenvalue weighted by Crippen LogP contribution is -2.99. The molecule has 0 saturated carbocycles. The number of H-pyrrole nitrogens is 1.